The topological polar surface area (TPSA) is 50.3 Å². The zero-order valence-electron chi connectivity index (χ0n) is 12.0. The summed E-state index contributed by atoms with van der Waals surface area (Å²) in [6, 6.07) is 2.00. The number of rotatable bonds is 5. The van der Waals surface area contributed by atoms with Crippen LogP contribution in [0.1, 0.15) is 13.8 Å². The fourth-order valence-electron chi connectivity index (χ4n) is 1.42. The zero-order valence-corrected chi connectivity index (χ0v) is 12.8. The van der Waals surface area contributed by atoms with Crippen LogP contribution in [0.5, 0.6) is 5.88 Å². The molecule has 0 atom stereocenters. The Morgan fingerprint density at radius 3 is 2.74 bits per heavy atom. The first-order valence-electron chi connectivity index (χ1n) is 6.17. The second-order valence-electron chi connectivity index (χ2n) is 5.24. The lowest BCUT2D eigenvalue weighted by Gasteiger charge is -2.31. The van der Waals surface area contributed by atoms with Crippen LogP contribution in [0.4, 0.5) is 5.95 Å². The number of likely N-dealkylation sites (N-methyl/N-ethyl adjacent to an activating group) is 1. The van der Waals surface area contributed by atoms with Crippen molar-refractivity contribution in [3.05, 3.63) is 11.4 Å². The van der Waals surface area contributed by atoms with E-state index in [9.17, 15) is 0 Å². The van der Waals surface area contributed by atoms with Crippen molar-refractivity contribution in [2.24, 2.45) is 0 Å². The van der Waals surface area contributed by atoms with Crippen LogP contribution in [0.2, 0.25) is 0 Å². The van der Waals surface area contributed by atoms with Gasteiger partial charge in [0.15, 0.2) is 0 Å². The molecule has 0 spiro atoms. The number of fused-ring (bicyclic) bond motifs is 1. The number of anilines is 1. The fraction of sp³-hybridized carbons (Fsp3) is 0.538. The van der Waals surface area contributed by atoms with Crippen molar-refractivity contribution in [3.8, 4) is 5.88 Å². The molecular formula is C13H20N4OS. The summed E-state index contributed by atoms with van der Waals surface area (Å²) in [6.07, 6.45) is 0. The van der Waals surface area contributed by atoms with Gasteiger partial charge in [-0.3, -0.25) is 0 Å². The van der Waals surface area contributed by atoms with E-state index >= 15 is 0 Å². The van der Waals surface area contributed by atoms with E-state index in [1.165, 1.54) is 0 Å². The van der Waals surface area contributed by atoms with Gasteiger partial charge >= 0.3 is 0 Å². The van der Waals surface area contributed by atoms with Gasteiger partial charge < -0.3 is 15.0 Å². The molecule has 0 unspecified atom stereocenters. The van der Waals surface area contributed by atoms with Crippen molar-refractivity contribution >= 4 is 27.5 Å². The summed E-state index contributed by atoms with van der Waals surface area (Å²) in [4.78, 5) is 11.9. The largest absolute Gasteiger partial charge is 0.475 e. The zero-order chi connectivity index (χ0) is 14.0. The van der Waals surface area contributed by atoms with Crippen molar-refractivity contribution < 1.29 is 4.74 Å². The van der Waals surface area contributed by atoms with E-state index in [2.05, 4.69) is 34.0 Å². The molecule has 0 bridgehead atoms. The Morgan fingerprint density at radius 1 is 1.37 bits per heavy atom. The highest BCUT2D eigenvalue weighted by Gasteiger charge is 2.22. The molecule has 2 aromatic heterocycles. The van der Waals surface area contributed by atoms with Crippen LogP contribution >= 0.6 is 11.3 Å². The van der Waals surface area contributed by atoms with Crippen molar-refractivity contribution in [1.29, 1.82) is 0 Å². The molecule has 0 saturated heterocycles. The molecule has 0 radical (unpaired) electrons. The van der Waals surface area contributed by atoms with Gasteiger partial charge in [0.05, 0.1) is 5.39 Å². The normalized spacial score (nSPS) is 12.1. The van der Waals surface area contributed by atoms with Gasteiger partial charge in [-0.1, -0.05) is 0 Å². The molecule has 2 rings (SSSR count). The minimum Gasteiger partial charge on any atom is -0.475 e. The van der Waals surface area contributed by atoms with Crippen LogP contribution in [0.25, 0.3) is 10.2 Å². The van der Waals surface area contributed by atoms with Gasteiger partial charge in [0, 0.05) is 12.6 Å². The Hall–Kier alpha value is -1.40. The molecule has 1 N–H and O–H groups in total. The number of aromatic nitrogens is 2. The quantitative estimate of drug-likeness (QED) is 0.911. The molecule has 0 aliphatic heterocycles. The first-order valence-corrected chi connectivity index (χ1v) is 7.05. The average molecular weight is 280 g/mol. The van der Waals surface area contributed by atoms with Gasteiger partial charge in [0.2, 0.25) is 11.8 Å². The van der Waals surface area contributed by atoms with E-state index in [0.717, 1.165) is 10.2 Å². The van der Waals surface area contributed by atoms with Gasteiger partial charge in [-0.15, -0.1) is 11.3 Å². The van der Waals surface area contributed by atoms with Crippen LogP contribution in [-0.2, 0) is 0 Å². The van der Waals surface area contributed by atoms with E-state index in [0.29, 0.717) is 18.4 Å². The highest BCUT2D eigenvalue weighted by molar-refractivity contribution is 7.16. The molecule has 0 amide bonds. The number of nitrogens with zero attached hydrogens (tertiary/aromatic N) is 3. The van der Waals surface area contributed by atoms with E-state index in [4.69, 9.17) is 4.74 Å². The van der Waals surface area contributed by atoms with Crippen LogP contribution in [0.3, 0.4) is 0 Å². The van der Waals surface area contributed by atoms with Crippen molar-refractivity contribution in [3.63, 3.8) is 0 Å². The molecule has 19 heavy (non-hydrogen) atoms. The van der Waals surface area contributed by atoms with E-state index < -0.39 is 0 Å². The Morgan fingerprint density at radius 2 is 2.11 bits per heavy atom. The lowest BCUT2D eigenvalue weighted by molar-refractivity contribution is 0.112. The molecule has 2 heterocycles. The molecule has 104 valence electrons. The summed E-state index contributed by atoms with van der Waals surface area (Å²) in [6.45, 7) is 4.85. The molecule has 5 nitrogen and oxygen atoms in total. The molecule has 2 aromatic rings. The predicted octanol–water partition coefficient (Wildman–Crippen LogP) is 2.45. The molecule has 0 aliphatic rings. The van der Waals surface area contributed by atoms with Crippen molar-refractivity contribution in [2.75, 3.05) is 33.1 Å². The smallest absolute Gasteiger partial charge is 0.227 e. The van der Waals surface area contributed by atoms with Gasteiger partial charge in [-0.05, 0) is 39.4 Å². The van der Waals surface area contributed by atoms with Gasteiger partial charge in [0.25, 0.3) is 0 Å². The highest BCUT2D eigenvalue weighted by atomic mass is 32.1. The second kappa shape index (κ2) is 5.30. The average Bonchev–Trinajstić information content (AvgIpc) is 2.83. The van der Waals surface area contributed by atoms with Crippen LogP contribution < -0.4 is 10.1 Å². The van der Waals surface area contributed by atoms with E-state index in [-0.39, 0.29) is 5.54 Å². The summed E-state index contributed by atoms with van der Waals surface area (Å²) in [5, 5.41) is 5.94. The minimum atomic E-state index is -0.0485. The summed E-state index contributed by atoms with van der Waals surface area (Å²) in [7, 11) is 5.90. The number of hydrogen-bond acceptors (Lipinski definition) is 6. The Bertz CT molecular complexity index is 565. The van der Waals surface area contributed by atoms with Gasteiger partial charge in [-0.25, -0.2) is 4.98 Å². The number of thiophene rings is 1. The summed E-state index contributed by atoms with van der Waals surface area (Å²) < 4.78 is 5.92. The second-order valence-corrected chi connectivity index (χ2v) is 6.13. The third kappa shape index (κ3) is 2.96. The SMILES string of the molecule is CNc1nc(OCC(C)(C)N(C)C)c2ccsc2n1. The maximum Gasteiger partial charge on any atom is 0.227 e. The van der Waals surface area contributed by atoms with Gasteiger partial charge in [-0.2, -0.15) is 4.98 Å². The molecule has 0 saturated carbocycles. The highest BCUT2D eigenvalue weighted by Crippen LogP contribution is 2.28. The number of hydrogen-bond donors (Lipinski definition) is 1. The van der Waals surface area contributed by atoms with Crippen molar-refractivity contribution in [1.82, 2.24) is 14.9 Å². The molecule has 6 heteroatoms. The first-order chi connectivity index (χ1) is 8.94. The fourth-order valence-corrected chi connectivity index (χ4v) is 2.18. The lowest BCUT2D eigenvalue weighted by atomic mass is 10.1. The predicted molar refractivity (Wildman–Crippen MR) is 80.2 cm³/mol. The maximum absolute atomic E-state index is 5.92. The van der Waals surface area contributed by atoms with E-state index in [1.807, 2.05) is 32.6 Å². The van der Waals surface area contributed by atoms with Crippen LogP contribution in [0, 0.1) is 0 Å². The lowest BCUT2D eigenvalue weighted by Crippen LogP contribution is -2.43. The molecule has 0 fully saturated rings. The standard InChI is InChI=1S/C13H20N4OS/c1-13(2,17(4)5)8-18-10-9-6-7-19-11(9)16-12(14-3)15-10/h6-7H,8H2,1-5H3,(H,14,15,16). The third-order valence-electron chi connectivity index (χ3n) is 3.29. The van der Waals surface area contributed by atoms with E-state index in [1.54, 1.807) is 11.3 Å². The monoisotopic (exact) mass is 280 g/mol. The van der Waals surface area contributed by atoms with Crippen LogP contribution in [0.15, 0.2) is 11.4 Å². The summed E-state index contributed by atoms with van der Waals surface area (Å²) in [5.41, 5.74) is -0.0485. The summed E-state index contributed by atoms with van der Waals surface area (Å²) in [5.74, 6) is 1.23. The Labute approximate surface area is 117 Å². The molecule has 0 aliphatic carbocycles. The van der Waals surface area contributed by atoms with Gasteiger partial charge in [0.1, 0.15) is 11.4 Å². The Kier molecular flexibility index (Phi) is 3.91. The van der Waals surface area contributed by atoms with Crippen molar-refractivity contribution in [2.45, 2.75) is 19.4 Å². The number of ether oxygens (including phenoxy) is 1. The summed E-state index contributed by atoms with van der Waals surface area (Å²) >= 11 is 1.59. The van der Waals surface area contributed by atoms with Crippen LogP contribution in [-0.4, -0.2) is 48.2 Å². The third-order valence-corrected chi connectivity index (χ3v) is 4.09. The molecular weight excluding hydrogens is 260 g/mol. The first kappa shape index (κ1) is 14.0. The Balaban J connectivity index is 2.27. The minimum absolute atomic E-state index is 0.0485. The number of nitrogens with one attached hydrogen (secondary N) is 1. The molecule has 0 aromatic carbocycles. The maximum atomic E-state index is 5.92.